The van der Waals surface area contributed by atoms with E-state index < -0.39 is 0 Å². The van der Waals surface area contributed by atoms with Crippen LogP contribution in [0.25, 0.3) is 0 Å². The number of benzene rings is 1. The van der Waals surface area contributed by atoms with Gasteiger partial charge in [0, 0.05) is 13.1 Å². The minimum Gasteiger partial charge on any atom is -0.462 e. The van der Waals surface area contributed by atoms with Gasteiger partial charge in [-0.1, -0.05) is 45.2 Å². The molecule has 0 N–H and O–H groups in total. The topological polar surface area (TPSA) is 29.5 Å². The van der Waals surface area contributed by atoms with Crippen molar-refractivity contribution < 1.29 is 9.53 Å². The number of ether oxygens (including phenoxy) is 1. The average molecular weight is 305 g/mol. The molecule has 0 saturated heterocycles. The lowest BCUT2D eigenvalue weighted by Gasteiger charge is -2.23. The largest absolute Gasteiger partial charge is 0.462 e. The standard InChI is InChI=1S/C19H31NO2/c1-5-9-12-16(6-2)15-22-19(21)17-13-10-11-14-18(17)20(7-3)8-4/h10-11,13-14,16H,5-9,12,15H2,1-4H3. The zero-order valence-corrected chi connectivity index (χ0v) is 14.6. The molecule has 1 atom stereocenters. The zero-order chi connectivity index (χ0) is 16.4. The highest BCUT2D eigenvalue weighted by molar-refractivity contribution is 5.95. The molecule has 0 aliphatic rings. The molecule has 0 aromatic heterocycles. The molecular weight excluding hydrogens is 274 g/mol. The fourth-order valence-corrected chi connectivity index (χ4v) is 2.66. The Bertz CT molecular complexity index is 441. The predicted molar refractivity (Wildman–Crippen MR) is 93.6 cm³/mol. The van der Waals surface area contributed by atoms with Crippen molar-refractivity contribution in [3.05, 3.63) is 29.8 Å². The van der Waals surface area contributed by atoms with Crippen LogP contribution in [0.5, 0.6) is 0 Å². The van der Waals surface area contributed by atoms with Crippen molar-refractivity contribution in [2.45, 2.75) is 53.4 Å². The number of anilines is 1. The molecule has 0 spiro atoms. The van der Waals surface area contributed by atoms with Crippen LogP contribution in [0.4, 0.5) is 5.69 Å². The molecule has 3 heteroatoms. The van der Waals surface area contributed by atoms with Gasteiger partial charge < -0.3 is 9.64 Å². The third-order valence-corrected chi connectivity index (χ3v) is 4.22. The molecule has 0 aliphatic carbocycles. The highest BCUT2D eigenvalue weighted by Crippen LogP contribution is 2.22. The van der Waals surface area contributed by atoms with E-state index in [2.05, 4.69) is 32.6 Å². The number of rotatable bonds is 10. The SMILES string of the molecule is CCCCC(CC)COC(=O)c1ccccc1N(CC)CC. The smallest absolute Gasteiger partial charge is 0.340 e. The highest BCUT2D eigenvalue weighted by Gasteiger charge is 2.17. The molecule has 1 aromatic carbocycles. The van der Waals surface area contributed by atoms with Gasteiger partial charge in [-0.2, -0.15) is 0 Å². The summed E-state index contributed by atoms with van der Waals surface area (Å²) in [5.74, 6) is 0.280. The molecule has 0 heterocycles. The molecule has 0 fully saturated rings. The second-order valence-electron chi connectivity index (χ2n) is 5.70. The van der Waals surface area contributed by atoms with E-state index in [4.69, 9.17) is 4.74 Å². The predicted octanol–water partition coefficient (Wildman–Crippen LogP) is 4.91. The Hall–Kier alpha value is -1.51. The normalized spacial score (nSPS) is 12.0. The summed E-state index contributed by atoms with van der Waals surface area (Å²) in [6, 6.07) is 7.74. The Labute approximate surface area is 135 Å². The second kappa shape index (κ2) is 10.3. The first kappa shape index (κ1) is 18.5. The van der Waals surface area contributed by atoms with E-state index in [0.717, 1.165) is 31.6 Å². The Balaban J connectivity index is 2.73. The number of para-hydroxylation sites is 1. The van der Waals surface area contributed by atoms with Gasteiger partial charge in [0.15, 0.2) is 0 Å². The van der Waals surface area contributed by atoms with E-state index in [1.807, 2.05) is 24.3 Å². The number of carbonyl (C=O) groups is 1. The van der Waals surface area contributed by atoms with E-state index >= 15 is 0 Å². The van der Waals surface area contributed by atoms with Crippen molar-refractivity contribution in [1.29, 1.82) is 0 Å². The van der Waals surface area contributed by atoms with Crippen molar-refractivity contribution in [3.8, 4) is 0 Å². The molecule has 1 rings (SSSR count). The minimum atomic E-state index is -0.197. The van der Waals surface area contributed by atoms with Crippen LogP contribution in [0.2, 0.25) is 0 Å². The number of esters is 1. The third-order valence-electron chi connectivity index (χ3n) is 4.22. The summed E-state index contributed by atoms with van der Waals surface area (Å²) in [6.45, 7) is 10.9. The first-order chi connectivity index (χ1) is 10.7. The van der Waals surface area contributed by atoms with Gasteiger partial charge in [0.1, 0.15) is 0 Å². The second-order valence-corrected chi connectivity index (χ2v) is 5.70. The lowest BCUT2D eigenvalue weighted by molar-refractivity contribution is 0.0429. The summed E-state index contributed by atoms with van der Waals surface area (Å²) in [5, 5.41) is 0. The maximum atomic E-state index is 12.4. The van der Waals surface area contributed by atoms with Gasteiger partial charge in [-0.25, -0.2) is 4.79 Å². The summed E-state index contributed by atoms with van der Waals surface area (Å²) in [4.78, 5) is 14.6. The molecular formula is C19H31NO2. The van der Waals surface area contributed by atoms with E-state index in [-0.39, 0.29) is 5.97 Å². The van der Waals surface area contributed by atoms with E-state index in [1.54, 1.807) is 0 Å². The Kier molecular flexibility index (Phi) is 8.64. The number of nitrogens with zero attached hydrogens (tertiary/aromatic N) is 1. The van der Waals surface area contributed by atoms with Gasteiger partial charge in [-0.15, -0.1) is 0 Å². The summed E-state index contributed by atoms with van der Waals surface area (Å²) in [6.07, 6.45) is 4.59. The zero-order valence-electron chi connectivity index (χ0n) is 14.6. The summed E-state index contributed by atoms with van der Waals surface area (Å²) < 4.78 is 5.59. The summed E-state index contributed by atoms with van der Waals surface area (Å²) in [7, 11) is 0. The lowest BCUT2D eigenvalue weighted by atomic mass is 10.0. The quantitative estimate of drug-likeness (QED) is 0.575. The molecule has 3 nitrogen and oxygen atoms in total. The van der Waals surface area contributed by atoms with E-state index in [0.29, 0.717) is 18.1 Å². The maximum Gasteiger partial charge on any atom is 0.340 e. The van der Waals surface area contributed by atoms with Crippen molar-refractivity contribution in [3.63, 3.8) is 0 Å². The fraction of sp³-hybridized carbons (Fsp3) is 0.632. The maximum absolute atomic E-state index is 12.4. The first-order valence-electron chi connectivity index (χ1n) is 8.68. The minimum absolute atomic E-state index is 0.197. The monoisotopic (exact) mass is 305 g/mol. The highest BCUT2D eigenvalue weighted by atomic mass is 16.5. The third kappa shape index (κ3) is 5.36. The molecule has 0 aliphatic heterocycles. The molecule has 124 valence electrons. The Morgan fingerprint density at radius 1 is 1.14 bits per heavy atom. The summed E-state index contributed by atoms with van der Waals surface area (Å²) in [5.41, 5.74) is 1.65. The number of hydrogen-bond donors (Lipinski definition) is 0. The molecule has 0 radical (unpaired) electrons. The van der Waals surface area contributed by atoms with Crippen LogP contribution in [-0.2, 0) is 4.74 Å². The summed E-state index contributed by atoms with van der Waals surface area (Å²) >= 11 is 0. The van der Waals surface area contributed by atoms with Crippen molar-refractivity contribution >= 4 is 11.7 Å². The van der Waals surface area contributed by atoms with Gasteiger partial charge in [-0.3, -0.25) is 0 Å². The van der Waals surface area contributed by atoms with Crippen LogP contribution in [0.3, 0.4) is 0 Å². The fourth-order valence-electron chi connectivity index (χ4n) is 2.66. The van der Waals surface area contributed by atoms with Crippen molar-refractivity contribution in [2.24, 2.45) is 5.92 Å². The number of carbonyl (C=O) groups excluding carboxylic acids is 1. The molecule has 0 bridgehead atoms. The van der Waals surface area contributed by atoms with E-state index in [9.17, 15) is 4.79 Å². The number of unbranched alkanes of at least 4 members (excludes halogenated alkanes) is 1. The Morgan fingerprint density at radius 2 is 1.82 bits per heavy atom. The van der Waals surface area contributed by atoms with Crippen LogP contribution in [0.15, 0.2) is 24.3 Å². The first-order valence-corrected chi connectivity index (χ1v) is 8.68. The Morgan fingerprint density at radius 3 is 2.41 bits per heavy atom. The molecule has 0 saturated carbocycles. The lowest BCUT2D eigenvalue weighted by Crippen LogP contribution is -2.25. The van der Waals surface area contributed by atoms with Gasteiger partial charge in [0.05, 0.1) is 17.9 Å². The molecule has 0 amide bonds. The molecule has 1 unspecified atom stereocenters. The van der Waals surface area contributed by atoms with Crippen molar-refractivity contribution in [2.75, 3.05) is 24.6 Å². The average Bonchev–Trinajstić information content (AvgIpc) is 2.56. The van der Waals surface area contributed by atoms with Crippen LogP contribution in [-0.4, -0.2) is 25.7 Å². The van der Waals surface area contributed by atoms with Crippen LogP contribution in [0, 0.1) is 5.92 Å². The van der Waals surface area contributed by atoms with Crippen LogP contribution in [0.1, 0.15) is 63.7 Å². The molecule has 1 aromatic rings. The van der Waals surface area contributed by atoms with Gasteiger partial charge in [0.2, 0.25) is 0 Å². The number of hydrogen-bond acceptors (Lipinski definition) is 3. The van der Waals surface area contributed by atoms with Gasteiger partial charge in [-0.05, 0) is 38.3 Å². The molecule has 22 heavy (non-hydrogen) atoms. The van der Waals surface area contributed by atoms with Gasteiger partial charge >= 0.3 is 5.97 Å². The van der Waals surface area contributed by atoms with Gasteiger partial charge in [0.25, 0.3) is 0 Å². The van der Waals surface area contributed by atoms with E-state index in [1.165, 1.54) is 12.8 Å². The van der Waals surface area contributed by atoms with Crippen LogP contribution < -0.4 is 4.90 Å². The van der Waals surface area contributed by atoms with Crippen LogP contribution >= 0.6 is 0 Å². The van der Waals surface area contributed by atoms with Crippen molar-refractivity contribution in [1.82, 2.24) is 0 Å².